The molecule has 0 saturated heterocycles. The van der Waals surface area contributed by atoms with Gasteiger partial charge in [0.2, 0.25) is 0 Å². The molecule has 4 unspecified atom stereocenters. The molecule has 1 saturated carbocycles. The van der Waals surface area contributed by atoms with Crippen LogP contribution in [0.15, 0.2) is 0 Å². The van der Waals surface area contributed by atoms with E-state index in [-0.39, 0.29) is 6.92 Å². The molecule has 4 atom stereocenters. The third-order valence-corrected chi connectivity index (χ3v) is 5.90. The molecule has 0 aromatic heterocycles. The van der Waals surface area contributed by atoms with E-state index in [1.807, 2.05) is 0 Å². The first kappa shape index (κ1) is 25.2. The molecule has 1 nitrogen and oxygen atoms in total. The molecule has 0 radical (unpaired) electrons. The van der Waals surface area contributed by atoms with Crippen LogP contribution in [-0.2, 0) is 0 Å². The van der Waals surface area contributed by atoms with E-state index in [9.17, 15) is 57.8 Å². The minimum absolute atomic E-state index is 0.274. The second kappa shape index (κ2) is 6.83. The van der Waals surface area contributed by atoms with Crippen molar-refractivity contribution < 1.29 is 57.8 Å². The van der Waals surface area contributed by atoms with Crippen LogP contribution in [0.2, 0.25) is 0 Å². The second-order valence-electron chi connectivity index (χ2n) is 7.61. The fourth-order valence-electron chi connectivity index (χ4n) is 4.15. The SMILES string of the molecule is CC1CC(C(C)(C(F)(F)F)C(F)(F)F)C(C)C(C(O)(C(F)(F)F)C(F)(F)F)C1. The summed E-state index contributed by atoms with van der Waals surface area (Å²) in [5.74, 6) is -9.34. The minimum Gasteiger partial charge on any atom is -0.373 e. The van der Waals surface area contributed by atoms with Gasteiger partial charge in [0.1, 0.15) is 0 Å². The molecule has 13 heteroatoms. The van der Waals surface area contributed by atoms with Crippen molar-refractivity contribution in [3.05, 3.63) is 0 Å². The third-order valence-electron chi connectivity index (χ3n) is 5.90. The number of aliphatic hydroxyl groups is 1. The zero-order chi connectivity index (χ0) is 22.7. The molecule has 28 heavy (non-hydrogen) atoms. The van der Waals surface area contributed by atoms with E-state index in [1.165, 1.54) is 0 Å². The Balaban J connectivity index is 3.66. The molecule has 0 amide bonds. The minimum atomic E-state index is -6.35. The molecule has 0 bridgehead atoms. The maximum Gasteiger partial charge on any atom is 0.426 e. The van der Waals surface area contributed by atoms with Crippen LogP contribution in [0.4, 0.5) is 52.7 Å². The predicted molar refractivity (Wildman–Crippen MR) is 71.8 cm³/mol. The van der Waals surface area contributed by atoms with Gasteiger partial charge < -0.3 is 5.11 Å². The van der Waals surface area contributed by atoms with Gasteiger partial charge in [-0.05, 0) is 37.5 Å². The van der Waals surface area contributed by atoms with E-state index >= 15 is 0 Å². The Labute approximate surface area is 152 Å². The van der Waals surface area contributed by atoms with Crippen LogP contribution < -0.4 is 0 Å². The highest BCUT2D eigenvalue weighted by molar-refractivity contribution is 5.08. The lowest BCUT2D eigenvalue weighted by molar-refractivity contribution is -0.402. The molecule has 0 aromatic carbocycles. The summed E-state index contributed by atoms with van der Waals surface area (Å²) in [6.07, 6.45) is -26.6. The van der Waals surface area contributed by atoms with Gasteiger partial charge in [-0.25, -0.2) is 0 Å². The maximum atomic E-state index is 13.3. The molecule has 0 aromatic rings. The Bertz CT molecular complexity index is 479. The summed E-state index contributed by atoms with van der Waals surface area (Å²) in [5, 5.41) is 9.57. The predicted octanol–water partition coefficient (Wildman–Crippen LogP) is 6.27. The van der Waals surface area contributed by atoms with Gasteiger partial charge in [0.25, 0.3) is 5.60 Å². The van der Waals surface area contributed by atoms with Crippen molar-refractivity contribution >= 4 is 0 Å². The van der Waals surface area contributed by atoms with Crippen molar-refractivity contribution in [2.45, 2.75) is 63.9 Å². The maximum absolute atomic E-state index is 13.3. The highest BCUT2D eigenvalue weighted by Crippen LogP contribution is 2.63. The molecule has 168 valence electrons. The summed E-state index contributed by atoms with van der Waals surface area (Å²) in [7, 11) is 0. The van der Waals surface area contributed by atoms with Gasteiger partial charge in [-0.2, -0.15) is 52.7 Å². The van der Waals surface area contributed by atoms with Crippen LogP contribution in [0.5, 0.6) is 0 Å². The van der Waals surface area contributed by atoms with Gasteiger partial charge in [0.05, 0.1) is 0 Å². The van der Waals surface area contributed by atoms with E-state index in [0.717, 1.165) is 6.92 Å². The highest BCUT2D eigenvalue weighted by atomic mass is 19.4. The fourth-order valence-corrected chi connectivity index (χ4v) is 4.15. The van der Waals surface area contributed by atoms with Crippen LogP contribution >= 0.6 is 0 Å². The lowest BCUT2D eigenvalue weighted by Gasteiger charge is -2.52. The molecule has 1 rings (SSSR count). The summed E-state index contributed by atoms with van der Waals surface area (Å²) in [6, 6.07) is 0. The second-order valence-corrected chi connectivity index (χ2v) is 7.61. The highest BCUT2D eigenvalue weighted by Gasteiger charge is 2.78. The zero-order valence-corrected chi connectivity index (χ0v) is 14.7. The summed E-state index contributed by atoms with van der Waals surface area (Å²) in [4.78, 5) is 0. The van der Waals surface area contributed by atoms with Crippen molar-refractivity contribution in [3.63, 3.8) is 0 Å². The normalized spacial score (nSPS) is 29.1. The number of hydrogen-bond acceptors (Lipinski definition) is 1. The van der Waals surface area contributed by atoms with E-state index in [1.54, 1.807) is 0 Å². The first-order chi connectivity index (χ1) is 12.0. The Morgan fingerprint density at radius 1 is 0.607 bits per heavy atom. The van der Waals surface area contributed by atoms with Gasteiger partial charge >= 0.3 is 24.7 Å². The molecular formula is C15H18F12O. The van der Waals surface area contributed by atoms with E-state index in [0.29, 0.717) is 6.92 Å². The van der Waals surface area contributed by atoms with Gasteiger partial charge in [0.15, 0.2) is 5.41 Å². The summed E-state index contributed by atoms with van der Waals surface area (Å²) < 4.78 is 159. The van der Waals surface area contributed by atoms with Crippen molar-refractivity contribution in [1.82, 2.24) is 0 Å². The largest absolute Gasteiger partial charge is 0.426 e. The third kappa shape index (κ3) is 3.67. The first-order valence-electron chi connectivity index (χ1n) is 8.02. The molecule has 1 N–H and O–H groups in total. The van der Waals surface area contributed by atoms with E-state index in [4.69, 9.17) is 0 Å². The van der Waals surface area contributed by atoms with Crippen molar-refractivity contribution in [1.29, 1.82) is 0 Å². The van der Waals surface area contributed by atoms with Crippen LogP contribution in [0, 0.1) is 29.1 Å². The quantitative estimate of drug-likeness (QED) is 0.500. The molecular weight excluding hydrogens is 424 g/mol. The molecule has 1 fully saturated rings. The van der Waals surface area contributed by atoms with Crippen LogP contribution in [0.25, 0.3) is 0 Å². The van der Waals surface area contributed by atoms with E-state index in [2.05, 4.69) is 0 Å². The molecule has 0 spiro atoms. The van der Waals surface area contributed by atoms with Crippen molar-refractivity contribution in [2.24, 2.45) is 29.1 Å². The summed E-state index contributed by atoms with van der Waals surface area (Å²) in [5.41, 5.74) is -9.99. The van der Waals surface area contributed by atoms with Crippen LogP contribution in [0.1, 0.15) is 33.6 Å². The monoisotopic (exact) mass is 442 g/mol. The van der Waals surface area contributed by atoms with Crippen LogP contribution in [-0.4, -0.2) is 35.4 Å². The number of alkyl halides is 12. The lowest BCUT2D eigenvalue weighted by Crippen LogP contribution is -2.66. The van der Waals surface area contributed by atoms with Crippen LogP contribution in [0.3, 0.4) is 0 Å². The number of rotatable bonds is 2. The molecule has 0 heterocycles. The summed E-state index contributed by atoms with van der Waals surface area (Å²) in [6.45, 7) is 1.13. The molecule has 0 aliphatic heterocycles. The molecule has 1 aliphatic carbocycles. The van der Waals surface area contributed by atoms with E-state index < -0.39 is 72.2 Å². The lowest BCUT2D eigenvalue weighted by atomic mass is 9.55. The fraction of sp³-hybridized carbons (Fsp3) is 1.00. The number of hydrogen-bond donors (Lipinski definition) is 1. The van der Waals surface area contributed by atoms with Crippen molar-refractivity contribution in [3.8, 4) is 0 Å². The topological polar surface area (TPSA) is 20.2 Å². The average Bonchev–Trinajstić information content (AvgIpc) is 2.42. The summed E-state index contributed by atoms with van der Waals surface area (Å²) >= 11 is 0. The van der Waals surface area contributed by atoms with Crippen molar-refractivity contribution in [2.75, 3.05) is 0 Å². The standard InChI is InChI=1S/C15H18F12O/c1-6-4-8(10(3,12(16,17)18)13(19,20)21)7(2)9(5-6)11(28,14(22,23)24)15(25,26)27/h6-9,28H,4-5H2,1-3H3. The zero-order valence-electron chi connectivity index (χ0n) is 14.7. The Kier molecular flexibility index (Phi) is 6.14. The average molecular weight is 442 g/mol. The Morgan fingerprint density at radius 3 is 1.21 bits per heavy atom. The number of halogens is 12. The first-order valence-corrected chi connectivity index (χ1v) is 8.02. The Hall–Kier alpha value is -0.880. The van der Waals surface area contributed by atoms with Gasteiger partial charge in [-0.3, -0.25) is 0 Å². The van der Waals surface area contributed by atoms with Gasteiger partial charge in [-0.15, -0.1) is 0 Å². The Morgan fingerprint density at radius 2 is 0.929 bits per heavy atom. The molecule has 1 aliphatic rings. The smallest absolute Gasteiger partial charge is 0.373 e. The van der Waals surface area contributed by atoms with Gasteiger partial charge in [-0.1, -0.05) is 13.8 Å². The van der Waals surface area contributed by atoms with Gasteiger partial charge in [0, 0.05) is 5.92 Å².